The third-order valence-electron chi connectivity index (χ3n) is 3.83. The molecule has 9 nitrogen and oxygen atoms in total. The smallest absolute Gasteiger partial charge is 0.335 e. The number of nitrogens with zero attached hydrogens (tertiary/aromatic N) is 2. The van der Waals surface area contributed by atoms with Crippen molar-refractivity contribution in [2.75, 3.05) is 0 Å². The Morgan fingerprint density at radius 1 is 0.889 bits per heavy atom. The number of hydrogen-bond donors (Lipinski definition) is 4. The third-order valence-corrected chi connectivity index (χ3v) is 3.83. The number of carboxylic acids is 3. The van der Waals surface area contributed by atoms with Crippen LogP contribution in [0.25, 0.3) is 5.70 Å². The fourth-order valence-corrected chi connectivity index (χ4v) is 2.54. The van der Waals surface area contributed by atoms with Gasteiger partial charge in [-0.1, -0.05) is 0 Å². The van der Waals surface area contributed by atoms with Crippen molar-refractivity contribution in [1.29, 1.82) is 0 Å². The third kappa shape index (κ3) is 3.82. The fraction of sp³-hybridized carbons (Fsp3) is 0.0556. The van der Waals surface area contributed by atoms with E-state index in [9.17, 15) is 19.5 Å². The Bertz CT molecular complexity index is 1010. The molecule has 0 saturated carbocycles. The summed E-state index contributed by atoms with van der Waals surface area (Å²) in [6.45, 7) is 0. The summed E-state index contributed by atoms with van der Waals surface area (Å²) in [6, 6.07) is 4.55. The van der Waals surface area contributed by atoms with Crippen LogP contribution < -0.4 is 5.32 Å². The standard InChI is InChI=1S/C18H13N3O6/c22-16(23)9-1-3-19-12(5-9)14-7-11(18(26)27)8-15(21-14)13-6-10(17(24)25)2-4-20-13/h1-8,14,21H,(H,22,23)(H,24,25)(H,26,27). The van der Waals surface area contributed by atoms with Gasteiger partial charge in [-0.2, -0.15) is 0 Å². The predicted octanol–water partition coefficient (Wildman–Crippen LogP) is 1.57. The zero-order valence-electron chi connectivity index (χ0n) is 13.7. The van der Waals surface area contributed by atoms with Crippen LogP contribution in [0.3, 0.4) is 0 Å². The summed E-state index contributed by atoms with van der Waals surface area (Å²) in [5.74, 6) is -3.47. The quantitative estimate of drug-likeness (QED) is 0.617. The van der Waals surface area contributed by atoms with Gasteiger partial charge in [-0.05, 0) is 36.4 Å². The van der Waals surface area contributed by atoms with Gasteiger partial charge in [0.1, 0.15) is 0 Å². The highest BCUT2D eigenvalue weighted by molar-refractivity contribution is 5.94. The average Bonchev–Trinajstić information content (AvgIpc) is 2.67. The number of dihydropyridines is 1. The van der Waals surface area contributed by atoms with Crippen molar-refractivity contribution in [3.63, 3.8) is 0 Å². The lowest BCUT2D eigenvalue weighted by Crippen LogP contribution is -2.25. The zero-order valence-corrected chi connectivity index (χ0v) is 13.7. The molecular weight excluding hydrogens is 354 g/mol. The zero-order chi connectivity index (χ0) is 19.6. The van der Waals surface area contributed by atoms with Crippen molar-refractivity contribution in [2.45, 2.75) is 6.04 Å². The molecule has 0 aliphatic carbocycles. The van der Waals surface area contributed by atoms with Crippen molar-refractivity contribution in [3.05, 3.63) is 76.9 Å². The van der Waals surface area contributed by atoms with E-state index >= 15 is 0 Å². The first-order chi connectivity index (χ1) is 12.8. The minimum Gasteiger partial charge on any atom is -0.478 e. The molecular formula is C18H13N3O6. The lowest BCUT2D eigenvalue weighted by atomic mass is 10.0. The Kier molecular flexibility index (Phi) is 4.67. The molecule has 0 fully saturated rings. The van der Waals surface area contributed by atoms with Gasteiger partial charge in [-0.3, -0.25) is 9.97 Å². The van der Waals surface area contributed by atoms with Crippen LogP contribution in [-0.4, -0.2) is 43.2 Å². The van der Waals surface area contributed by atoms with E-state index in [2.05, 4.69) is 15.3 Å². The Balaban J connectivity index is 2.03. The first-order valence-electron chi connectivity index (χ1n) is 7.67. The van der Waals surface area contributed by atoms with Gasteiger partial charge in [0.2, 0.25) is 0 Å². The van der Waals surface area contributed by atoms with E-state index in [0.717, 1.165) is 0 Å². The normalized spacial score (nSPS) is 15.9. The van der Waals surface area contributed by atoms with E-state index in [1.807, 2.05) is 0 Å². The molecule has 1 unspecified atom stereocenters. The number of aromatic carboxylic acids is 2. The number of aliphatic carboxylic acids is 1. The molecule has 3 rings (SSSR count). The van der Waals surface area contributed by atoms with Crippen molar-refractivity contribution < 1.29 is 29.7 Å². The molecule has 0 aromatic carbocycles. The summed E-state index contributed by atoms with van der Waals surface area (Å²) in [4.78, 5) is 42.0. The van der Waals surface area contributed by atoms with E-state index < -0.39 is 23.9 Å². The van der Waals surface area contributed by atoms with Gasteiger partial charge in [-0.25, -0.2) is 14.4 Å². The van der Waals surface area contributed by atoms with Crippen LogP contribution in [0.4, 0.5) is 0 Å². The molecule has 2 aromatic heterocycles. The molecule has 9 heteroatoms. The van der Waals surface area contributed by atoms with Crippen LogP contribution in [0.2, 0.25) is 0 Å². The van der Waals surface area contributed by atoms with E-state index in [4.69, 9.17) is 10.2 Å². The van der Waals surface area contributed by atoms with Crippen molar-refractivity contribution in [2.24, 2.45) is 0 Å². The molecule has 0 amide bonds. The van der Waals surface area contributed by atoms with Crippen molar-refractivity contribution >= 4 is 23.6 Å². The van der Waals surface area contributed by atoms with Gasteiger partial charge in [0, 0.05) is 12.4 Å². The molecule has 0 spiro atoms. The minimum absolute atomic E-state index is 0.00308. The van der Waals surface area contributed by atoms with Crippen LogP contribution in [0, 0.1) is 0 Å². The van der Waals surface area contributed by atoms with Crippen LogP contribution in [0.15, 0.2) is 54.4 Å². The number of rotatable bonds is 5. The maximum atomic E-state index is 11.5. The Labute approximate surface area is 152 Å². The number of aromatic nitrogens is 2. The van der Waals surface area contributed by atoms with Gasteiger partial charge in [0.15, 0.2) is 0 Å². The molecule has 4 N–H and O–H groups in total. The summed E-state index contributed by atoms with van der Waals surface area (Å²) in [7, 11) is 0. The number of hydrogen-bond acceptors (Lipinski definition) is 6. The Morgan fingerprint density at radius 3 is 2.15 bits per heavy atom. The highest BCUT2D eigenvalue weighted by Crippen LogP contribution is 2.26. The molecule has 1 aliphatic heterocycles. The lowest BCUT2D eigenvalue weighted by molar-refractivity contribution is -0.132. The van der Waals surface area contributed by atoms with E-state index in [-0.39, 0.29) is 28.1 Å². The van der Waals surface area contributed by atoms with Crippen molar-refractivity contribution in [3.8, 4) is 0 Å². The average molecular weight is 367 g/mol. The Hall–Kier alpha value is -4.01. The first kappa shape index (κ1) is 17.8. The second-order valence-corrected chi connectivity index (χ2v) is 5.62. The van der Waals surface area contributed by atoms with Gasteiger partial charge < -0.3 is 20.6 Å². The van der Waals surface area contributed by atoms with Crippen molar-refractivity contribution in [1.82, 2.24) is 15.3 Å². The number of pyridine rings is 2. The van der Waals surface area contributed by atoms with Gasteiger partial charge in [-0.15, -0.1) is 0 Å². The van der Waals surface area contributed by atoms with E-state index in [1.165, 1.54) is 48.8 Å². The summed E-state index contributed by atoms with van der Waals surface area (Å²) < 4.78 is 0. The Morgan fingerprint density at radius 2 is 1.52 bits per heavy atom. The largest absolute Gasteiger partial charge is 0.478 e. The molecule has 0 radical (unpaired) electrons. The maximum absolute atomic E-state index is 11.5. The van der Waals surface area contributed by atoms with Crippen LogP contribution in [0.1, 0.15) is 38.1 Å². The van der Waals surface area contributed by atoms with Gasteiger partial charge in [0.25, 0.3) is 0 Å². The highest BCUT2D eigenvalue weighted by Gasteiger charge is 2.23. The summed E-state index contributed by atoms with van der Waals surface area (Å²) in [5, 5.41) is 30.6. The van der Waals surface area contributed by atoms with Crippen LogP contribution >= 0.6 is 0 Å². The second-order valence-electron chi connectivity index (χ2n) is 5.62. The maximum Gasteiger partial charge on any atom is 0.335 e. The number of nitrogens with one attached hydrogen (secondary N) is 1. The van der Waals surface area contributed by atoms with Gasteiger partial charge in [0.05, 0.1) is 39.8 Å². The SMILES string of the molecule is O=C(O)C1=CC(c2cc(C(=O)O)ccn2)NC(c2cc(C(=O)O)ccn2)=C1. The molecule has 0 bridgehead atoms. The molecule has 3 heterocycles. The summed E-state index contributed by atoms with van der Waals surface area (Å²) in [5.41, 5.74) is 0.768. The van der Waals surface area contributed by atoms with E-state index in [0.29, 0.717) is 5.69 Å². The minimum atomic E-state index is -1.19. The molecule has 136 valence electrons. The number of carboxylic acid groups (broad SMARTS) is 3. The topological polar surface area (TPSA) is 150 Å². The van der Waals surface area contributed by atoms with Crippen LogP contribution in [-0.2, 0) is 4.79 Å². The molecule has 1 atom stereocenters. The monoisotopic (exact) mass is 367 g/mol. The highest BCUT2D eigenvalue weighted by atomic mass is 16.4. The predicted molar refractivity (Wildman–Crippen MR) is 92.0 cm³/mol. The molecule has 2 aromatic rings. The lowest BCUT2D eigenvalue weighted by Gasteiger charge is -2.23. The van der Waals surface area contributed by atoms with Crippen LogP contribution in [0.5, 0.6) is 0 Å². The molecule has 27 heavy (non-hydrogen) atoms. The number of carbonyl (C=O) groups is 3. The van der Waals surface area contributed by atoms with E-state index in [1.54, 1.807) is 0 Å². The summed E-state index contributed by atoms with van der Waals surface area (Å²) >= 11 is 0. The molecule has 0 saturated heterocycles. The first-order valence-corrected chi connectivity index (χ1v) is 7.67. The second kappa shape index (κ2) is 7.08. The van der Waals surface area contributed by atoms with Gasteiger partial charge >= 0.3 is 17.9 Å². The molecule has 1 aliphatic rings. The summed E-state index contributed by atoms with van der Waals surface area (Å²) in [6.07, 6.45) is 5.34. The fourth-order valence-electron chi connectivity index (χ4n) is 2.54.